The lowest BCUT2D eigenvalue weighted by molar-refractivity contribution is 0.0494. The SMILES string of the molecule is CC(C)CCCCCCCCCCCCCOC(=O)c1ccccc1O. The number of unbranched alkanes of at least 4 members (excludes halogenated alkanes) is 10. The van der Waals surface area contributed by atoms with Crippen molar-refractivity contribution in [2.45, 2.75) is 90.9 Å². The van der Waals surface area contributed by atoms with Gasteiger partial charge in [-0.1, -0.05) is 96.6 Å². The Bertz CT molecular complexity index is 482. The Kier molecular flexibility index (Phi) is 12.7. The van der Waals surface area contributed by atoms with Crippen LogP contribution in [0.3, 0.4) is 0 Å². The van der Waals surface area contributed by atoms with E-state index in [-0.39, 0.29) is 11.3 Å². The lowest BCUT2D eigenvalue weighted by Crippen LogP contribution is -2.06. The lowest BCUT2D eigenvalue weighted by Gasteiger charge is -2.06. The minimum Gasteiger partial charge on any atom is -0.507 e. The van der Waals surface area contributed by atoms with E-state index in [2.05, 4.69) is 13.8 Å². The fourth-order valence-corrected chi connectivity index (χ4v) is 3.13. The zero-order valence-corrected chi connectivity index (χ0v) is 16.8. The number of ether oxygens (including phenoxy) is 1. The van der Waals surface area contributed by atoms with Gasteiger partial charge in [-0.3, -0.25) is 0 Å². The average molecular weight is 363 g/mol. The second-order valence-electron chi connectivity index (χ2n) is 7.72. The maximum Gasteiger partial charge on any atom is 0.341 e. The lowest BCUT2D eigenvalue weighted by atomic mass is 10.0. The molecule has 1 aromatic carbocycles. The molecule has 0 saturated carbocycles. The predicted octanol–water partition coefficient (Wildman–Crippen LogP) is 6.89. The molecule has 0 saturated heterocycles. The summed E-state index contributed by atoms with van der Waals surface area (Å²) >= 11 is 0. The number of carbonyl (C=O) groups is 1. The molecule has 0 aliphatic heterocycles. The van der Waals surface area contributed by atoms with Gasteiger partial charge >= 0.3 is 5.97 Å². The van der Waals surface area contributed by atoms with Crippen LogP contribution in [0, 0.1) is 5.92 Å². The number of rotatable bonds is 15. The zero-order valence-electron chi connectivity index (χ0n) is 16.8. The maximum atomic E-state index is 11.8. The van der Waals surface area contributed by atoms with E-state index in [0.717, 1.165) is 18.8 Å². The Balaban J connectivity index is 1.85. The molecule has 0 spiro atoms. The van der Waals surface area contributed by atoms with Gasteiger partial charge < -0.3 is 9.84 Å². The highest BCUT2D eigenvalue weighted by molar-refractivity contribution is 5.92. The number of aromatic hydroxyl groups is 1. The normalized spacial score (nSPS) is 11.0. The average Bonchev–Trinajstić information content (AvgIpc) is 2.62. The van der Waals surface area contributed by atoms with E-state index in [1.165, 1.54) is 70.3 Å². The van der Waals surface area contributed by atoms with Gasteiger partial charge in [-0.2, -0.15) is 0 Å². The summed E-state index contributed by atoms with van der Waals surface area (Å²) in [4.78, 5) is 11.8. The molecule has 0 bridgehead atoms. The minimum absolute atomic E-state index is 0.0163. The molecule has 0 aliphatic carbocycles. The first kappa shape index (κ1) is 22.5. The molecule has 0 unspecified atom stereocenters. The van der Waals surface area contributed by atoms with Crippen LogP contribution in [0.1, 0.15) is 101 Å². The number of benzene rings is 1. The van der Waals surface area contributed by atoms with Crippen LogP contribution in [0.5, 0.6) is 5.75 Å². The van der Waals surface area contributed by atoms with Crippen LogP contribution in [0.2, 0.25) is 0 Å². The smallest absolute Gasteiger partial charge is 0.341 e. The Morgan fingerprint density at radius 2 is 1.35 bits per heavy atom. The van der Waals surface area contributed by atoms with Crippen molar-refractivity contribution in [1.29, 1.82) is 0 Å². The van der Waals surface area contributed by atoms with Crippen LogP contribution in [0.15, 0.2) is 24.3 Å². The second kappa shape index (κ2) is 14.6. The van der Waals surface area contributed by atoms with Crippen LogP contribution in [0.4, 0.5) is 0 Å². The molecule has 0 atom stereocenters. The van der Waals surface area contributed by atoms with E-state index in [1.54, 1.807) is 18.2 Å². The fourth-order valence-electron chi connectivity index (χ4n) is 3.13. The second-order valence-corrected chi connectivity index (χ2v) is 7.72. The molecule has 1 N–H and O–H groups in total. The topological polar surface area (TPSA) is 46.5 Å². The van der Waals surface area contributed by atoms with Crippen LogP contribution in [-0.2, 0) is 4.74 Å². The van der Waals surface area contributed by atoms with Crippen molar-refractivity contribution in [3.63, 3.8) is 0 Å². The van der Waals surface area contributed by atoms with Gasteiger partial charge in [0.05, 0.1) is 6.61 Å². The summed E-state index contributed by atoms with van der Waals surface area (Å²) in [5.41, 5.74) is 0.247. The number of phenols is 1. The number of para-hydroxylation sites is 1. The molecule has 0 fully saturated rings. The third-order valence-electron chi connectivity index (χ3n) is 4.78. The molecule has 3 heteroatoms. The summed E-state index contributed by atoms with van der Waals surface area (Å²) in [7, 11) is 0. The van der Waals surface area contributed by atoms with Gasteiger partial charge in [-0.25, -0.2) is 4.79 Å². The Labute approximate surface area is 160 Å². The van der Waals surface area contributed by atoms with Crippen molar-refractivity contribution in [3.8, 4) is 5.75 Å². The van der Waals surface area contributed by atoms with E-state index in [4.69, 9.17) is 4.74 Å². The summed E-state index contributed by atoms with van der Waals surface area (Å²) < 4.78 is 5.22. The van der Waals surface area contributed by atoms with Gasteiger partial charge in [0, 0.05) is 0 Å². The van der Waals surface area contributed by atoms with Crippen molar-refractivity contribution in [3.05, 3.63) is 29.8 Å². The molecule has 0 aliphatic rings. The quantitative estimate of drug-likeness (QED) is 0.273. The molecular formula is C23H38O3. The highest BCUT2D eigenvalue weighted by atomic mass is 16.5. The van der Waals surface area contributed by atoms with Gasteiger partial charge in [0.2, 0.25) is 0 Å². The summed E-state index contributed by atoms with van der Waals surface area (Å²) in [6, 6.07) is 6.51. The third-order valence-corrected chi connectivity index (χ3v) is 4.78. The Morgan fingerprint density at radius 3 is 1.88 bits per heavy atom. The molecular weight excluding hydrogens is 324 g/mol. The maximum absolute atomic E-state index is 11.8. The van der Waals surface area contributed by atoms with Crippen LogP contribution in [-0.4, -0.2) is 17.7 Å². The van der Waals surface area contributed by atoms with E-state index >= 15 is 0 Å². The van der Waals surface area contributed by atoms with Crippen LogP contribution in [0.25, 0.3) is 0 Å². The van der Waals surface area contributed by atoms with Crippen molar-refractivity contribution in [1.82, 2.24) is 0 Å². The van der Waals surface area contributed by atoms with Crippen molar-refractivity contribution >= 4 is 5.97 Å². The monoisotopic (exact) mass is 362 g/mol. The first-order valence-corrected chi connectivity index (χ1v) is 10.6. The number of hydrogen-bond donors (Lipinski definition) is 1. The van der Waals surface area contributed by atoms with Gasteiger partial charge in [0.1, 0.15) is 11.3 Å². The molecule has 1 aromatic rings. The van der Waals surface area contributed by atoms with Crippen LogP contribution < -0.4 is 0 Å². The zero-order chi connectivity index (χ0) is 19.0. The number of phenolic OH excluding ortho intramolecular Hbond substituents is 1. The largest absolute Gasteiger partial charge is 0.507 e. The standard InChI is InChI=1S/C23H38O3/c1-20(2)16-12-10-8-6-4-3-5-7-9-11-15-19-26-23(25)21-17-13-14-18-22(21)24/h13-14,17-18,20,24H,3-12,15-16,19H2,1-2H3. The van der Waals surface area contributed by atoms with E-state index in [1.807, 2.05) is 0 Å². The summed E-state index contributed by atoms with van der Waals surface area (Å²) in [6.45, 7) is 5.04. The Hall–Kier alpha value is -1.51. The molecule has 0 aromatic heterocycles. The molecule has 0 heterocycles. The van der Waals surface area contributed by atoms with Gasteiger partial charge in [-0.15, -0.1) is 0 Å². The van der Waals surface area contributed by atoms with E-state index in [9.17, 15) is 9.90 Å². The molecule has 148 valence electrons. The van der Waals surface area contributed by atoms with Gasteiger partial charge in [0.25, 0.3) is 0 Å². The Morgan fingerprint density at radius 1 is 0.846 bits per heavy atom. The van der Waals surface area contributed by atoms with Crippen LogP contribution >= 0.6 is 0 Å². The number of hydrogen-bond acceptors (Lipinski definition) is 3. The number of esters is 1. The van der Waals surface area contributed by atoms with E-state index in [0.29, 0.717) is 6.61 Å². The molecule has 26 heavy (non-hydrogen) atoms. The molecule has 1 rings (SSSR count). The molecule has 3 nitrogen and oxygen atoms in total. The summed E-state index contributed by atoms with van der Waals surface area (Å²) in [5, 5.41) is 9.61. The first-order chi connectivity index (χ1) is 12.6. The number of carbonyl (C=O) groups excluding carboxylic acids is 1. The van der Waals surface area contributed by atoms with Crippen molar-refractivity contribution < 1.29 is 14.6 Å². The minimum atomic E-state index is -0.434. The highest BCUT2D eigenvalue weighted by Crippen LogP contribution is 2.17. The molecule has 0 radical (unpaired) electrons. The van der Waals surface area contributed by atoms with Gasteiger partial charge in [0.15, 0.2) is 0 Å². The highest BCUT2D eigenvalue weighted by Gasteiger charge is 2.10. The predicted molar refractivity (Wildman–Crippen MR) is 109 cm³/mol. The summed E-state index contributed by atoms with van der Waals surface area (Å²) in [6.07, 6.45) is 15.5. The summed E-state index contributed by atoms with van der Waals surface area (Å²) in [5.74, 6) is 0.401. The first-order valence-electron chi connectivity index (χ1n) is 10.6. The molecule has 0 amide bonds. The fraction of sp³-hybridized carbons (Fsp3) is 0.696. The van der Waals surface area contributed by atoms with E-state index < -0.39 is 5.97 Å². The van der Waals surface area contributed by atoms with Crippen molar-refractivity contribution in [2.75, 3.05) is 6.61 Å². The van der Waals surface area contributed by atoms with Gasteiger partial charge in [-0.05, 0) is 24.5 Å². The third kappa shape index (κ3) is 11.2. The van der Waals surface area contributed by atoms with Crippen molar-refractivity contribution in [2.24, 2.45) is 5.92 Å².